The monoisotopic (exact) mass is 310 g/mol. The molecule has 0 N–H and O–H groups in total. The number of sulfone groups is 2. The van der Waals surface area contributed by atoms with E-state index in [0.29, 0.717) is 6.42 Å². The molecule has 0 saturated heterocycles. The van der Waals surface area contributed by atoms with E-state index in [0.717, 1.165) is 0 Å². The van der Waals surface area contributed by atoms with Gasteiger partial charge in [-0.1, -0.05) is 6.92 Å². The lowest BCUT2D eigenvalue weighted by Gasteiger charge is -2.05. The Labute approximate surface area is 113 Å². The van der Waals surface area contributed by atoms with E-state index in [9.17, 15) is 16.8 Å². The Hall–Kier alpha value is -0.590. The van der Waals surface area contributed by atoms with E-state index < -0.39 is 19.7 Å². The van der Waals surface area contributed by atoms with Crippen molar-refractivity contribution in [3.05, 3.63) is 24.3 Å². The Morgan fingerprint density at radius 1 is 0.944 bits per heavy atom. The molecule has 0 atom stereocenters. The van der Waals surface area contributed by atoms with Crippen LogP contribution in [0.3, 0.4) is 0 Å². The summed E-state index contributed by atoms with van der Waals surface area (Å²) in [6.07, 6.45) is 0.374. The number of alkyl halides is 1. The summed E-state index contributed by atoms with van der Waals surface area (Å²) in [5.41, 5.74) is 0. The van der Waals surface area contributed by atoms with Crippen LogP contribution in [0.15, 0.2) is 34.1 Å². The average molecular weight is 311 g/mol. The Morgan fingerprint density at radius 3 is 1.78 bits per heavy atom. The highest BCUT2D eigenvalue weighted by Crippen LogP contribution is 2.17. The van der Waals surface area contributed by atoms with Crippen LogP contribution in [-0.4, -0.2) is 34.2 Å². The van der Waals surface area contributed by atoms with Gasteiger partial charge in [0.1, 0.15) is 0 Å². The summed E-state index contributed by atoms with van der Waals surface area (Å²) in [6, 6.07) is 5.30. The zero-order chi connectivity index (χ0) is 13.8. The molecule has 4 nitrogen and oxygen atoms in total. The van der Waals surface area contributed by atoms with Gasteiger partial charge in [-0.3, -0.25) is 0 Å². The van der Waals surface area contributed by atoms with Gasteiger partial charge in [-0.2, -0.15) is 0 Å². The maximum Gasteiger partial charge on any atom is 0.178 e. The summed E-state index contributed by atoms with van der Waals surface area (Å²) in [4.78, 5) is 0.268. The molecule has 18 heavy (non-hydrogen) atoms. The third kappa shape index (κ3) is 3.70. The van der Waals surface area contributed by atoms with Crippen LogP contribution in [0.1, 0.15) is 13.3 Å². The third-order valence-corrected chi connectivity index (χ3v) is 6.30. The molecule has 0 unspecified atom stereocenters. The molecule has 102 valence electrons. The van der Waals surface area contributed by atoms with Crippen molar-refractivity contribution in [1.82, 2.24) is 0 Å². The highest BCUT2D eigenvalue weighted by Gasteiger charge is 2.16. The summed E-state index contributed by atoms with van der Waals surface area (Å²) in [6.45, 7) is 1.54. The summed E-state index contributed by atoms with van der Waals surface area (Å²) in [5, 5.41) is 0. The molecule has 0 radical (unpaired) electrons. The smallest absolute Gasteiger partial charge is 0.178 e. The van der Waals surface area contributed by atoms with Crippen LogP contribution >= 0.6 is 11.6 Å². The van der Waals surface area contributed by atoms with Crippen LogP contribution in [0.2, 0.25) is 0 Å². The van der Waals surface area contributed by atoms with Gasteiger partial charge in [-0.25, -0.2) is 16.8 Å². The third-order valence-electron chi connectivity index (χ3n) is 2.47. The topological polar surface area (TPSA) is 68.3 Å². The number of hydrogen-bond donors (Lipinski definition) is 0. The minimum absolute atomic E-state index is 0.00859. The lowest BCUT2D eigenvalue weighted by Crippen LogP contribution is -2.08. The van der Waals surface area contributed by atoms with Crippen molar-refractivity contribution < 1.29 is 16.8 Å². The second-order valence-corrected chi connectivity index (χ2v) is 8.50. The lowest BCUT2D eigenvalue weighted by molar-refractivity contribution is 0.592. The minimum atomic E-state index is -3.37. The number of rotatable bonds is 6. The highest BCUT2D eigenvalue weighted by atomic mass is 35.5. The van der Waals surface area contributed by atoms with Crippen molar-refractivity contribution in [3.63, 3.8) is 0 Å². The zero-order valence-corrected chi connectivity index (χ0v) is 12.4. The van der Waals surface area contributed by atoms with Gasteiger partial charge in [0.2, 0.25) is 0 Å². The first-order valence-corrected chi connectivity index (χ1v) is 9.29. The molecule has 1 aromatic rings. The van der Waals surface area contributed by atoms with Gasteiger partial charge in [0.15, 0.2) is 19.7 Å². The molecule has 7 heteroatoms. The molecule has 0 spiro atoms. The van der Waals surface area contributed by atoms with Gasteiger partial charge in [0, 0.05) is 5.88 Å². The minimum Gasteiger partial charge on any atom is -0.224 e. The SMILES string of the molecule is CCS(=O)(=O)c1ccc(S(=O)(=O)CCCCl)cc1. The molecule has 0 aliphatic rings. The molecule has 1 aromatic carbocycles. The normalized spacial score (nSPS) is 12.6. The lowest BCUT2D eigenvalue weighted by atomic mass is 10.4. The van der Waals surface area contributed by atoms with Gasteiger partial charge >= 0.3 is 0 Å². The fourth-order valence-electron chi connectivity index (χ4n) is 1.38. The summed E-state index contributed by atoms with van der Waals surface area (Å²) in [7, 11) is -6.66. The number of hydrogen-bond acceptors (Lipinski definition) is 4. The predicted molar refractivity (Wildman–Crippen MR) is 71.6 cm³/mol. The fraction of sp³-hybridized carbons (Fsp3) is 0.455. The largest absolute Gasteiger partial charge is 0.224 e. The van der Waals surface area contributed by atoms with Crippen molar-refractivity contribution in [2.45, 2.75) is 23.1 Å². The van der Waals surface area contributed by atoms with Crippen molar-refractivity contribution in [1.29, 1.82) is 0 Å². The van der Waals surface area contributed by atoms with Crippen LogP contribution in [0.4, 0.5) is 0 Å². The van der Waals surface area contributed by atoms with Crippen molar-refractivity contribution >= 4 is 31.3 Å². The quantitative estimate of drug-likeness (QED) is 0.752. The molecular formula is C11H15ClO4S2. The van der Waals surface area contributed by atoms with Crippen LogP contribution in [0, 0.1) is 0 Å². The first-order chi connectivity index (χ1) is 8.33. The van der Waals surface area contributed by atoms with Gasteiger partial charge in [0.05, 0.1) is 21.3 Å². The van der Waals surface area contributed by atoms with Crippen molar-refractivity contribution in [2.24, 2.45) is 0 Å². The van der Waals surface area contributed by atoms with E-state index in [1.165, 1.54) is 24.3 Å². The van der Waals surface area contributed by atoms with E-state index in [2.05, 4.69) is 0 Å². The van der Waals surface area contributed by atoms with Crippen LogP contribution < -0.4 is 0 Å². The Balaban J connectivity index is 3.04. The van der Waals surface area contributed by atoms with Crippen LogP contribution in [-0.2, 0) is 19.7 Å². The second kappa shape index (κ2) is 6.04. The van der Waals surface area contributed by atoms with Crippen molar-refractivity contribution in [3.8, 4) is 0 Å². The number of benzene rings is 1. The summed E-state index contributed by atoms with van der Waals surface area (Å²) >= 11 is 5.46. The van der Waals surface area contributed by atoms with Gasteiger partial charge in [-0.15, -0.1) is 11.6 Å². The molecule has 0 heterocycles. The molecule has 0 fully saturated rings. The molecule has 0 aliphatic carbocycles. The number of halogens is 1. The second-order valence-electron chi connectivity index (χ2n) is 3.74. The maximum atomic E-state index is 11.8. The molecule has 0 aromatic heterocycles. The van der Waals surface area contributed by atoms with Gasteiger partial charge < -0.3 is 0 Å². The standard InChI is InChI=1S/C11H15ClO4S2/c1-2-17(13,14)10-4-6-11(7-5-10)18(15,16)9-3-8-12/h4-7H,2-3,8-9H2,1H3. The zero-order valence-electron chi connectivity index (χ0n) is 9.97. The molecule has 0 aliphatic heterocycles. The molecule has 0 saturated carbocycles. The molecule has 1 rings (SSSR count). The summed E-state index contributed by atoms with van der Waals surface area (Å²) < 4.78 is 46.8. The van der Waals surface area contributed by atoms with E-state index in [4.69, 9.17) is 11.6 Å². The van der Waals surface area contributed by atoms with Crippen LogP contribution in [0.25, 0.3) is 0 Å². The van der Waals surface area contributed by atoms with E-state index in [1.807, 2.05) is 0 Å². The highest BCUT2D eigenvalue weighted by molar-refractivity contribution is 7.91. The Morgan fingerprint density at radius 2 is 1.39 bits per heavy atom. The molecule has 0 bridgehead atoms. The van der Waals surface area contributed by atoms with E-state index in [-0.39, 0.29) is 27.2 Å². The first kappa shape index (κ1) is 15.5. The van der Waals surface area contributed by atoms with Gasteiger partial charge in [-0.05, 0) is 30.7 Å². The van der Waals surface area contributed by atoms with Crippen molar-refractivity contribution in [2.75, 3.05) is 17.4 Å². The Kier molecular flexibility index (Phi) is 5.19. The fourth-order valence-corrected chi connectivity index (χ4v) is 3.87. The average Bonchev–Trinajstić information content (AvgIpc) is 2.36. The molecule has 0 amide bonds. The van der Waals surface area contributed by atoms with E-state index >= 15 is 0 Å². The van der Waals surface area contributed by atoms with Gasteiger partial charge in [0.25, 0.3) is 0 Å². The maximum absolute atomic E-state index is 11.8. The Bertz CT molecular complexity index is 588. The summed E-state index contributed by atoms with van der Waals surface area (Å²) in [5.74, 6) is 0.239. The van der Waals surface area contributed by atoms with E-state index in [1.54, 1.807) is 6.92 Å². The van der Waals surface area contributed by atoms with Crippen LogP contribution in [0.5, 0.6) is 0 Å². The predicted octanol–water partition coefficient (Wildman–Crippen LogP) is 1.88. The first-order valence-electron chi connectivity index (χ1n) is 5.45. The molecular weight excluding hydrogens is 296 g/mol.